The second kappa shape index (κ2) is 13.2. The molecule has 0 saturated heterocycles. The van der Waals surface area contributed by atoms with Crippen LogP contribution < -0.4 is 19.6 Å². The average Bonchev–Trinajstić information content (AvgIpc) is 3.53. The lowest BCUT2D eigenvalue weighted by Crippen LogP contribution is -2.40. The maximum atomic E-state index is 14.0. The van der Waals surface area contributed by atoms with Gasteiger partial charge in [0.15, 0.2) is 4.80 Å². The molecule has 46 heavy (non-hydrogen) atoms. The minimum atomic E-state index is -0.633. The smallest absolute Gasteiger partial charge is 0.338 e. The van der Waals surface area contributed by atoms with Crippen molar-refractivity contribution in [1.82, 2.24) is 9.13 Å². The van der Waals surface area contributed by atoms with Crippen LogP contribution in [0, 0.1) is 13.8 Å². The van der Waals surface area contributed by atoms with Gasteiger partial charge in [-0.1, -0.05) is 77.9 Å². The molecule has 0 amide bonds. The van der Waals surface area contributed by atoms with Crippen molar-refractivity contribution in [3.05, 3.63) is 148 Å². The number of nitrogens with zero attached hydrogens (tertiary/aromatic N) is 3. The Morgan fingerprint density at radius 2 is 1.74 bits per heavy atom. The molecule has 5 aromatic rings. The zero-order chi connectivity index (χ0) is 32.5. The number of fused-ring (bicyclic) bond motifs is 1. The first-order chi connectivity index (χ1) is 22.2. The quantitative estimate of drug-likeness (QED) is 0.165. The van der Waals surface area contributed by atoms with Crippen LogP contribution in [0.25, 0.3) is 11.8 Å². The number of halogens is 2. The van der Waals surface area contributed by atoms with Gasteiger partial charge < -0.3 is 14.0 Å². The number of esters is 1. The van der Waals surface area contributed by atoms with E-state index in [0.29, 0.717) is 43.7 Å². The number of thiazole rings is 1. The summed E-state index contributed by atoms with van der Waals surface area (Å²) in [6, 6.07) is 24.3. The lowest BCUT2D eigenvalue weighted by Gasteiger charge is -2.25. The number of hydrogen-bond donors (Lipinski definition) is 0. The van der Waals surface area contributed by atoms with Gasteiger partial charge in [-0.25, -0.2) is 9.79 Å². The van der Waals surface area contributed by atoms with Crippen LogP contribution in [0.4, 0.5) is 0 Å². The van der Waals surface area contributed by atoms with Crippen molar-refractivity contribution in [2.24, 2.45) is 4.99 Å². The van der Waals surface area contributed by atoms with E-state index in [0.717, 1.165) is 39.5 Å². The number of benzene rings is 3. The van der Waals surface area contributed by atoms with Crippen LogP contribution in [-0.4, -0.2) is 22.2 Å². The maximum Gasteiger partial charge on any atom is 0.338 e. The van der Waals surface area contributed by atoms with Crippen LogP contribution in [0.1, 0.15) is 47.5 Å². The van der Waals surface area contributed by atoms with Crippen LogP contribution in [0.15, 0.2) is 99.9 Å². The van der Waals surface area contributed by atoms with Gasteiger partial charge in [-0.2, -0.15) is 0 Å². The second-order valence-electron chi connectivity index (χ2n) is 10.9. The van der Waals surface area contributed by atoms with Crippen LogP contribution in [0.2, 0.25) is 10.0 Å². The third kappa shape index (κ3) is 5.96. The van der Waals surface area contributed by atoms with Gasteiger partial charge in [-0.05, 0) is 85.5 Å². The summed E-state index contributed by atoms with van der Waals surface area (Å²) in [4.78, 5) is 32.4. The summed E-state index contributed by atoms with van der Waals surface area (Å²) in [7, 11) is 1.35. The molecule has 0 spiro atoms. The number of carbonyl (C=O) groups excluding carboxylic acids is 1. The topological polar surface area (TPSA) is 74.8 Å². The van der Waals surface area contributed by atoms with E-state index in [1.807, 2.05) is 87.5 Å². The molecule has 1 atom stereocenters. The fraction of sp³-hybridized carbons (Fsp3) is 0.194. The van der Waals surface area contributed by atoms with E-state index in [-0.39, 0.29) is 5.56 Å². The number of aromatic nitrogens is 2. The molecular formula is C36H31Cl2N3O4S. The van der Waals surface area contributed by atoms with Crippen LogP contribution >= 0.6 is 34.5 Å². The van der Waals surface area contributed by atoms with Gasteiger partial charge in [-0.3, -0.25) is 9.36 Å². The highest BCUT2D eigenvalue weighted by atomic mass is 35.5. The van der Waals surface area contributed by atoms with E-state index in [2.05, 4.69) is 10.6 Å². The molecule has 0 unspecified atom stereocenters. The summed E-state index contributed by atoms with van der Waals surface area (Å²) in [6.45, 7) is 6.38. The first-order valence-electron chi connectivity index (χ1n) is 14.7. The summed E-state index contributed by atoms with van der Waals surface area (Å²) in [5, 5.41) is 1.00. The molecule has 2 aromatic heterocycles. The van der Waals surface area contributed by atoms with Crippen LogP contribution in [0.3, 0.4) is 0 Å². The maximum absolute atomic E-state index is 14.0. The minimum absolute atomic E-state index is 0.206. The van der Waals surface area contributed by atoms with Gasteiger partial charge in [0.05, 0.1) is 39.0 Å². The van der Waals surface area contributed by atoms with E-state index in [4.69, 9.17) is 37.7 Å². The summed E-state index contributed by atoms with van der Waals surface area (Å²) < 4.78 is 15.4. The van der Waals surface area contributed by atoms with E-state index in [1.165, 1.54) is 18.4 Å². The normalized spacial score (nSPS) is 14.7. The molecule has 3 aromatic carbocycles. The molecule has 1 aliphatic heterocycles. The molecule has 10 heteroatoms. The zero-order valence-corrected chi connectivity index (χ0v) is 28.0. The van der Waals surface area contributed by atoms with Gasteiger partial charge in [0.25, 0.3) is 5.56 Å². The number of ether oxygens (including phenoxy) is 2. The predicted octanol–water partition coefficient (Wildman–Crippen LogP) is 7.09. The Kier molecular flexibility index (Phi) is 9.04. The SMILES string of the molecule is CCC1=C(C(=O)OC)[C@@H](c2ccccc2)n2c(s/c(=C/c3cc(C)n(-c4ccc(OCc5ccc(Cl)c(Cl)c5)cc4)c3C)c2=O)=N1. The van der Waals surface area contributed by atoms with Crippen molar-refractivity contribution in [3.63, 3.8) is 0 Å². The lowest BCUT2D eigenvalue weighted by molar-refractivity contribution is -0.136. The first kappa shape index (κ1) is 31.6. The van der Waals surface area contributed by atoms with Crippen LogP contribution in [-0.2, 0) is 16.1 Å². The highest BCUT2D eigenvalue weighted by molar-refractivity contribution is 7.07. The molecule has 234 valence electrons. The van der Waals surface area contributed by atoms with Crippen molar-refractivity contribution in [1.29, 1.82) is 0 Å². The molecule has 0 fully saturated rings. The van der Waals surface area contributed by atoms with E-state index in [9.17, 15) is 9.59 Å². The van der Waals surface area contributed by atoms with Gasteiger partial charge in [0.1, 0.15) is 12.4 Å². The molecule has 3 heterocycles. The molecule has 6 rings (SSSR count). The standard InChI is InChI=1S/C36H31Cl2N3O4S/c1-5-30-32(35(43)44-4)33(24-9-7-6-8-10-24)41-34(42)31(46-36(41)39-30)19-25-17-21(2)40(22(25)3)26-12-14-27(15-13-26)45-20-23-11-16-28(37)29(38)18-23/h6-19,33H,5,20H2,1-4H3/b31-19+/t33-/m1/s1. The molecular weight excluding hydrogens is 641 g/mol. The first-order valence-corrected chi connectivity index (χ1v) is 16.3. The van der Waals surface area contributed by atoms with E-state index in [1.54, 1.807) is 16.7 Å². The molecule has 0 N–H and O–H groups in total. The lowest BCUT2D eigenvalue weighted by atomic mass is 9.95. The third-order valence-corrected chi connectivity index (χ3v) is 9.73. The third-order valence-electron chi connectivity index (χ3n) is 8.01. The van der Waals surface area contributed by atoms with Crippen molar-refractivity contribution in [3.8, 4) is 11.4 Å². The number of aryl methyl sites for hydroxylation is 1. The Morgan fingerprint density at radius 1 is 1.00 bits per heavy atom. The molecule has 0 radical (unpaired) electrons. The fourth-order valence-electron chi connectivity index (χ4n) is 5.77. The molecule has 7 nitrogen and oxygen atoms in total. The molecule has 0 bridgehead atoms. The second-order valence-corrected chi connectivity index (χ2v) is 12.7. The number of methoxy groups -OCH3 is 1. The Balaban J connectivity index is 1.34. The summed E-state index contributed by atoms with van der Waals surface area (Å²) in [5.41, 5.74) is 6.43. The van der Waals surface area contributed by atoms with Crippen LogP contribution in [0.5, 0.6) is 5.75 Å². The Bertz CT molecular complexity index is 2160. The Hall–Kier alpha value is -4.37. The summed E-state index contributed by atoms with van der Waals surface area (Å²) >= 11 is 13.5. The monoisotopic (exact) mass is 671 g/mol. The van der Waals surface area contributed by atoms with E-state index < -0.39 is 12.0 Å². The summed E-state index contributed by atoms with van der Waals surface area (Å²) in [6.07, 6.45) is 2.44. The van der Waals surface area contributed by atoms with Gasteiger partial charge in [0.2, 0.25) is 0 Å². The fourth-order valence-corrected chi connectivity index (χ4v) is 7.11. The van der Waals surface area contributed by atoms with Crippen molar-refractivity contribution in [2.75, 3.05) is 7.11 Å². The van der Waals surface area contributed by atoms with Crippen molar-refractivity contribution in [2.45, 2.75) is 39.8 Å². The molecule has 0 aliphatic carbocycles. The number of allylic oxidation sites excluding steroid dienone is 1. The average molecular weight is 673 g/mol. The summed E-state index contributed by atoms with van der Waals surface area (Å²) in [5.74, 6) is 0.238. The minimum Gasteiger partial charge on any atom is -0.489 e. The number of carbonyl (C=O) groups is 1. The number of hydrogen-bond acceptors (Lipinski definition) is 6. The molecule has 0 saturated carbocycles. The van der Waals surface area contributed by atoms with Gasteiger partial charge >= 0.3 is 5.97 Å². The van der Waals surface area contributed by atoms with Gasteiger partial charge in [0, 0.05) is 17.1 Å². The largest absolute Gasteiger partial charge is 0.489 e. The Labute approximate surface area is 280 Å². The zero-order valence-electron chi connectivity index (χ0n) is 25.7. The molecule has 1 aliphatic rings. The van der Waals surface area contributed by atoms with Crippen molar-refractivity contribution < 1.29 is 14.3 Å². The van der Waals surface area contributed by atoms with Crippen molar-refractivity contribution >= 4 is 46.6 Å². The predicted molar refractivity (Wildman–Crippen MR) is 183 cm³/mol. The Morgan fingerprint density at radius 3 is 2.41 bits per heavy atom. The van der Waals surface area contributed by atoms with E-state index >= 15 is 0 Å². The van der Waals surface area contributed by atoms with Gasteiger partial charge in [-0.15, -0.1) is 0 Å². The highest BCUT2D eigenvalue weighted by Crippen LogP contribution is 2.32. The number of rotatable bonds is 8. The highest BCUT2D eigenvalue weighted by Gasteiger charge is 2.33.